The zero-order valence-electron chi connectivity index (χ0n) is 56.9. The summed E-state index contributed by atoms with van der Waals surface area (Å²) in [5.74, 6) is -1.58. The van der Waals surface area contributed by atoms with E-state index >= 15 is 0 Å². The molecule has 0 aromatic rings. The monoisotopic (exact) mass is 1390 g/mol. The lowest BCUT2D eigenvalue weighted by atomic mass is 9.98. The summed E-state index contributed by atoms with van der Waals surface area (Å²) in [6.07, 6.45) is -8.54. The molecule has 4 bridgehead atoms. The fourth-order valence-electron chi connectivity index (χ4n) is 13.2. The van der Waals surface area contributed by atoms with Crippen molar-refractivity contribution < 1.29 is 139 Å². The Morgan fingerprint density at radius 3 is 0.938 bits per heavy atom. The average Bonchev–Trinajstić information content (AvgIpc) is 0.846. The maximum Gasteiger partial charge on any atom is 0.308 e. The Hall–Kier alpha value is -2.02. The number of hydrogen-bond donors (Lipinski definition) is 16. The molecule has 5 aliphatic rings. The molecule has 96 heavy (non-hydrogen) atoms. The summed E-state index contributed by atoms with van der Waals surface area (Å²) in [6, 6.07) is 0. The molecule has 0 saturated carbocycles. The molecule has 0 spiro atoms. The second-order valence-corrected chi connectivity index (χ2v) is 27.7. The van der Waals surface area contributed by atoms with Gasteiger partial charge in [-0.05, 0) is 65.2 Å². The van der Waals surface area contributed by atoms with Gasteiger partial charge in [0.25, 0.3) is 0 Å². The van der Waals surface area contributed by atoms with Gasteiger partial charge in [-0.2, -0.15) is 0 Å². The number of carbonyl (C=O) groups is 2. The van der Waals surface area contributed by atoms with E-state index in [9.17, 15) is 91.3 Å². The number of ether oxygens (including phenoxy) is 10. The van der Waals surface area contributed by atoms with Crippen molar-refractivity contribution in [2.45, 2.75) is 392 Å². The third-order valence-corrected chi connectivity index (χ3v) is 19.3. The zero-order chi connectivity index (χ0) is 70.1. The number of hydrogen-bond acceptors (Lipinski definition) is 28. The van der Waals surface area contributed by atoms with E-state index in [1.54, 1.807) is 13.8 Å². The van der Waals surface area contributed by atoms with E-state index in [0.717, 1.165) is 141 Å². The number of cyclic esters (lactones) is 2. The van der Waals surface area contributed by atoms with Crippen LogP contribution in [0.2, 0.25) is 0 Å². The molecule has 0 aliphatic carbocycles. The maximum absolute atomic E-state index is 13.5. The summed E-state index contributed by atoms with van der Waals surface area (Å²) in [6.45, 7) is 1.28. The van der Waals surface area contributed by atoms with E-state index in [2.05, 4.69) is 0 Å². The molecule has 5 aliphatic heterocycles. The predicted octanol–water partition coefficient (Wildman–Crippen LogP) is 1.87. The van der Waals surface area contributed by atoms with Crippen molar-refractivity contribution in [2.75, 3.05) is 26.4 Å². The molecule has 0 aromatic carbocycles. The smallest absolute Gasteiger partial charge is 0.308 e. The Balaban J connectivity index is 1.05. The highest BCUT2D eigenvalue weighted by molar-refractivity contribution is 5.70. The molecule has 564 valence electrons. The van der Waals surface area contributed by atoms with E-state index in [0.29, 0.717) is 51.4 Å². The highest BCUT2D eigenvalue weighted by atomic mass is 16.7. The van der Waals surface area contributed by atoms with Crippen LogP contribution in [0.15, 0.2) is 0 Å². The zero-order valence-corrected chi connectivity index (χ0v) is 56.9. The largest absolute Gasteiger partial charge is 0.463 e. The molecule has 26 atom stereocenters. The number of aliphatic hydroxyl groups excluding tert-OH is 16. The van der Waals surface area contributed by atoms with Crippen LogP contribution < -0.4 is 0 Å². The Labute approximate surface area is 566 Å². The van der Waals surface area contributed by atoms with Crippen molar-refractivity contribution in [3.05, 3.63) is 0 Å². The molecule has 28 nitrogen and oxygen atoms in total. The lowest BCUT2D eigenvalue weighted by Crippen LogP contribution is -2.60. The number of unbranched alkanes of at least 4 members (excludes halogenated alkanes) is 20. The van der Waals surface area contributed by atoms with E-state index in [4.69, 9.17) is 47.4 Å². The highest BCUT2D eigenvalue weighted by Gasteiger charge is 2.49. The van der Waals surface area contributed by atoms with Gasteiger partial charge in [-0.25, -0.2) is 0 Å². The molecular weight excluding hydrogens is 1260 g/mol. The van der Waals surface area contributed by atoms with Gasteiger partial charge in [-0.1, -0.05) is 154 Å². The Kier molecular flexibility index (Phi) is 41.0. The molecule has 5 rings (SSSR count). The first-order valence-electron chi connectivity index (χ1n) is 36.3. The maximum atomic E-state index is 13.5. The van der Waals surface area contributed by atoms with Crippen LogP contribution in [-0.2, 0) is 57.0 Å². The fraction of sp³-hybridized carbons (Fsp3) is 0.971. The van der Waals surface area contributed by atoms with Crippen molar-refractivity contribution >= 4 is 11.9 Å². The summed E-state index contributed by atoms with van der Waals surface area (Å²) in [7, 11) is 0. The second-order valence-electron chi connectivity index (χ2n) is 27.7. The van der Waals surface area contributed by atoms with Crippen LogP contribution >= 0.6 is 0 Å². The fourth-order valence-corrected chi connectivity index (χ4v) is 13.2. The van der Waals surface area contributed by atoms with Crippen LogP contribution in [0.25, 0.3) is 0 Å². The van der Waals surface area contributed by atoms with Gasteiger partial charge < -0.3 is 129 Å². The van der Waals surface area contributed by atoms with Crippen LogP contribution in [-0.4, -0.2) is 280 Å². The lowest BCUT2D eigenvalue weighted by Gasteiger charge is -2.42. The van der Waals surface area contributed by atoms with Crippen LogP contribution in [0, 0.1) is 0 Å². The van der Waals surface area contributed by atoms with Gasteiger partial charge in [0, 0.05) is 0 Å². The summed E-state index contributed by atoms with van der Waals surface area (Å²) in [4.78, 5) is 27.1. The van der Waals surface area contributed by atoms with Gasteiger partial charge in [-0.15, -0.1) is 0 Å². The van der Waals surface area contributed by atoms with Gasteiger partial charge in [0.15, 0.2) is 25.2 Å². The van der Waals surface area contributed by atoms with E-state index < -0.39 is 173 Å². The van der Waals surface area contributed by atoms with E-state index in [1.807, 2.05) is 0 Å². The van der Waals surface area contributed by atoms with Crippen LogP contribution in [0.5, 0.6) is 0 Å². The Bertz CT molecular complexity index is 1890. The lowest BCUT2D eigenvalue weighted by molar-refractivity contribution is -0.316. The molecule has 0 amide bonds. The summed E-state index contributed by atoms with van der Waals surface area (Å²) in [5, 5.41) is 167. The predicted molar refractivity (Wildman–Crippen MR) is 343 cm³/mol. The van der Waals surface area contributed by atoms with Crippen molar-refractivity contribution in [1.29, 1.82) is 0 Å². The van der Waals surface area contributed by atoms with E-state index in [1.165, 1.54) is 0 Å². The number of esters is 2. The minimum atomic E-state index is -1.78. The van der Waals surface area contributed by atoms with Gasteiger partial charge in [0.1, 0.15) is 111 Å². The number of fused-ring (bicyclic) bond motifs is 4. The number of aliphatic hydroxyl groups is 16. The molecule has 5 heterocycles. The van der Waals surface area contributed by atoms with Crippen LogP contribution in [0.3, 0.4) is 0 Å². The first-order valence-corrected chi connectivity index (χ1v) is 36.3. The normalized spacial score (nSPS) is 35.7. The summed E-state index contributed by atoms with van der Waals surface area (Å²) < 4.78 is 58.8. The van der Waals surface area contributed by atoms with Gasteiger partial charge >= 0.3 is 11.9 Å². The molecule has 0 radical (unpaired) electrons. The molecule has 28 heteroatoms. The second kappa shape index (κ2) is 46.6. The standard InChI is InChI=1S/C68H124O28/c1-41(71)27-19-17-25-31-43(89-65-61(83)57(79)53(75)47(37-69)93-65)29-21-13-9-5-3-7-11-15-23-33-45-35-51(73)87-39-50-56(78)60(82)64(86)68(96-50)92-46(36-52(74)88-40-49-55(77)59(81)63(85)67(91-45)95-49)34-24-16-12-8-4-6-10-14-22-30-44(32-26-18-20-28-42(2)72)90-66-62(84)58(80)54(76)48(38-70)94-66/h41-50,53-72,75-86H,3-40H2,1-2H3. The SMILES string of the molecule is CC(O)CCCCCC(CCCCCCCCCCCC1CC(=O)OCC2OC(OC(CCCCCCCCCCCC(CCCCCC(C)O)OC3OC(CO)C(O)C(O)C3O)CC(=O)OCC3OC(O1)C(O)C(O)C3O)C(O)C(O)C2O)OC1OC(CO)C(O)C(O)C1O. The third kappa shape index (κ3) is 29.7. The number of rotatable bonds is 42. The van der Waals surface area contributed by atoms with Gasteiger partial charge in [-0.3, -0.25) is 9.59 Å². The minimum Gasteiger partial charge on any atom is -0.463 e. The van der Waals surface area contributed by atoms with Crippen LogP contribution in [0.1, 0.15) is 232 Å². The molecule has 5 fully saturated rings. The average molecular weight is 1390 g/mol. The molecular formula is C68H124O28. The van der Waals surface area contributed by atoms with Gasteiger partial charge in [0.05, 0.1) is 62.7 Å². The molecule has 0 aromatic heterocycles. The first kappa shape index (κ1) is 84.6. The quantitative estimate of drug-likeness (QED) is 0.0306. The van der Waals surface area contributed by atoms with Crippen molar-refractivity contribution in [3.8, 4) is 0 Å². The van der Waals surface area contributed by atoms with E-state index in [-0.39, 0.29) is 50.1 Å². The van der Waals surface area contributed by atoms with Crippen molar-refractivity contribution in [1.82, 2.24) is 0 Å². The first-order chi connectivity index (χ1) is 46.0. The third-order valence-electron chi connectivity index (χ3n) is 19.3. The van der Waals surface area contributed by atoms with Crippen LogP contribution in [0.4, 0.5) is 0 Å². The molecule has 5 saturated heterocycles. The van der Waals surface area contributed by atoms with Gasteiger partial charge in [0.2, 0.25) is 0 Å². The van der Waals surface area contributed by atoms with Crippen molar-refractivity contribution in [2.24, 2.45) is 0 Å². The summed E-state index contributed by atoms with van der Waals surface area (Å²) in [5.41, 5.74) is 0. The number of carbonyl (C=O) groups excluding carboxylic acids is 2. The molecule has 16 N–H and O–H groups in total. The van der Waals surface area contributed by atoms with Crippen molar-refractivity contribution in [3.63, 3.8) is 0 Å². The Morgan fingerprint density at radius 2 is 0.625 bits per heavy atom. The summed E-state index contributed by atoms with van der Waals surface area (Å²) >= 11 is 0. The topological polar surface area (TPSA) is 450 Å². The highest BCUT2D eigenvalue weighted by Crippen LogP contribution is 2.32. The minimum absolute atomic E-state index is 0.284. The molecule has 26 unspecified atom stereocenters. The Morgan fingerprint density at radius 1 is 0.344 bits per heavy atom.